The number of nitrogens with zero attached hydrogens (tertiary/aromatic N) is 1. The lowest BCUT2D eigenvalue weighted by Crippen LogP contribution is -2.41. The molecule has 3 N–H and O–H groups in total. The summed E-state index contributed by atoms with van der Waals surface area (Å²) in [4.78, 5) is 0. The van der Waals surface area contributed by atoms with E-state index in [-0.39, 0.29) is 5.57 Å². The van der Waals surface area contributed by atoms with E-state index < -0.39 is 23.9 Å². The van der Waals surface area contributed by atoms with Crippen molar-refractivity contribution in [1.29, 1.82) is 10.7 Å². The van der Waals surface area contributed by atoms with Gasteiger partial charge >= 0.3 is 7.12 Å². The minimum atomic E-state index is -1.12. The first-order chi connectivity index (χ1) is 11.9. The molecular weight excluding hydrogens is 329 g/mol. The van der Waals surface area contributed by atoms with Crippen molar-refractivity contribution in [2.24, 2.45) is 0 Å². The molecule has 1 saturated heterocycles. The van der Waals surface area contributed by atoms with Gasteiger partial charge in [0.1, 0.15) is 11.7 Å². The molecule has 0 aromatic rings. The maximum atomic E-state index is 9.81. The summed E-state index contributed by atoms with van der Waals surface area (Å²) >= 11 is 0. The van der Waals surface area contributed by atoms with Crippen molar-refractivity contribution in [2.45, 2.75) is 58.3 Å². The lowest BCUT2D eigenvalue weighted by Gasteiger charge is -2.32. The molecule has 0 radical (unpaired) electrons. The van der Waals surface area contributed by atoms with Gasteiger partial charge in [0.25, 0.3) is 0 Å². The van der Waals surface area contributed by atoms with Crippen molar-refractivity contribution < 1.29 is 14.4 Å². The van der Waals surface area contributed by atoms with Gasteiger partial charge in [-0.05, 0) is 47.6 Å². The fourth-order valence-corrected chi connectivity index (χ4v) is 2.36. The summed E-state index contributed by atoms with van der Waals surface area (Å²) in [5.41, 5.74) is -0.384. The number of hydrogen-bond donors (Lipinski definition) is 3. The number of nitriles is 1. The van der Waals surface area contributed by atoms with Crippen molar-refractivity contribution >= 4 is 13.3 Å². The molecule has 26 heavy (non-hydrogen) atoms. The maximum Gasteiger partial charge on any atom is 0.497 e. The van der Waals surface area contributed by atoms with E-state index in [4.69, 9.17) is 14.7 Å². The highest BCUT2D eigenvalue weighted by atomic mass is 16.7. The quantitative estimate of drug-likeness (QED) is 0.306. The smallest absolute Gasteiger partial charge is 0.399 e. The Bertz CT molecular complexity index is 796. The minimum Gasteiger partial charge on any atom is -0.399 e. The van der Waals surface area contributed by atoms with Crippen molar-refractivity contribution in [3.05, 3.63) is 34.6 Å². The third-order valence-electron chi connectivity index (χ3n) is 4.53. The molecule has 2 rings (SSSR count). The second-order valence-electron chi connectivity index (χ2n) is 7.79. The highest BCUT2D eigenvalue weighted by Crippen LogP contribution is 2.40. The molecule has 2 heterocycles. The van der Waals surface area contributed by atoms with Gasteiger partial charge in [-0.3, -0.25) is 0 Å². The summed E-state index contributed by atoms with van der Waals surface area (Å²) in [7, 11) is -0.710. The van der Waals surface area contributed by atoms with Gasteiger partial charge in [-0.1, -0.05) is 11.8 Å². The zero-order chi connectivity index (χ0) is 19.8. The van der Waals surface area contributed by atoms with Crippen LogP contribution in [-0.2, 0) is 9.31 Å². The summed E-state index contributed by atoms with van der Waals surface area (Å²) in [6.45, 7) is 11.0. The zero-order valence-electron chi connectivity index (χ0n) is 16.0. The molecule has 7 heteroatoms. The molecule has 0 aromatic heterocycles. The van der Waals surface area contributed by atoms with Crippen LogP contribution in [0.4, 0.5) is 0 Å². The number of rotatable bonds is 2. The zero-order valence-corrected chi connectivity index (χ0v) is 16.0. The lowest BCUT2D eigenvalue weighted by atomic mass is 9.73. The Labute approximate surface area is 155 Å². The van der Waals surface area contributed by atoms with E-state index in [1.165, 1.54) is 0 Å². The Balaban J connectivity index is 2.50. The average molecular weight is 353 g/mol. The third kappa shape index (κ3) is 4.08. The summed E-state index contributed by atoms with van der Waals surface area (Å²) in [5.74, 6) is 5.65. The first-order valence-corrected chi connectivity index (χ1v) is 8.35. The second-order valence-corrected chi connectivity index (χ2v) is 7.79. The first-order valence-electron chi connectivity index (χ1n) is 8.35. The van der Waals surface area contributed by atoms with Crippen LogP contribution in [0.5, 0.6) is 0 Å². The number of nitrogens with one attached hydrogen (secondary N) is 2. The standard InChI is InChI=1S/C19H24BN3O3/c1-17(2,24)8-7-13-9-15(16(23-12-13)14(10-21)11-22)20-25-18(3,4)19(5,6)26-20/h9-10,12,21,23-24H,1-6H3/b16-14+,21-10?. The van der Waals surface area contributed by atoms with Gasteiger partial charge in [0.05, 0.1) is 22.5 Å². The second kappa shape index (κ2) is 6.77. The highest BCUT2D eigenvalue weighted by Gasteiger charge is 2.53. The minimum absolute atomic E-state index is 0.164. The van der Waals surface area contributed by atoms with Crippen LogP contribution >= 0.6 is 0 Å². The van der Waals surface area contributed by atoms with Gasteiger partial charge in [-0.15, -0.1) is 0 Å². The van der Waals surface area contributed by atoms with Crippen LogP contribution in [0.2, 0.25) is 0 Å². The molecule has 0 spiro atoms. The van der Waals surface area contributed by atoms with Crippen LogP contribution in [0.3, 0.4) is 0 Å². The van der Waals surface area contributed by atoms with E-state index in [1.807, 2.05) is 33.8 Å². The molecule has 0 bridgehead atoms. The molecule has 0 unspecified atom stereocenters. The number of hydrogen-bond acceptors (Lipinski definition) is 6. The summed E-state index contributed by atoms with van der Waals surface area (Å²) < 4.78 is 12.2. The van der Waals surface area contributed by atoms with E-state index in [0.717, 1.165) is 6.21 Å². The molecule has 0 atom stereocenters. The molecule has 1 fully saturated rings. The van der Waals surface area contributed by atoms with Crippen LogP contribution in [0.15, 0.2) is 34.6 Å². The third-order valence-corrected chi connectivity index (χ3v) is 4.53. The van der Waals surface area contributed by atoms with Crippen LogP contribution < -0.4 is 5.32 Å². The monoisotopic (exact) mass is 353 g/mol. The molecule has 0 aromatic carbocycles. The first kappa shape index (κ1) is 20.0. The van der Waals surface area contributed by atoms with Crippen molar-refractivity contribution in [1.82, 2.24) is 5.32 Å². The topological polar surface area (TPSA) is 98.4 Å². The predicted molar refractivity (Wildman–Crippen MR) is 101 cm³/mol. The van der Waals surface area contributed by atoms with Gasteiger partial charge in [0.15, 0.2) is 0 Å². The molecular formula is C19H24BN3O3. The van der Waals surface area contributed by atoms with Gasteiger partial charge < -0.3 is 25.1 Å². The van der Waals surface area contributed by atoms with Crippen LogP contribution in [0, 0.1) is 28.6 Å². The number of dihydropyridines is 1. The largest absolute Gasteiger partial charge is 0.497 e. The summed E-state index contributed by atoms with van der Waals surface area (Å²) in [6, 6.07) is 2.00. The Kier molecular flexibility index (Phi) is 5.21. The number of aliphatic hydroxyl groups is 1. The fraction of sp³-hybridized carbons (Fsp3) is 0.474. The Morgan fingerprint density at radius 3 is 2.35 bits per heavy atom. The van der Waals surface area contributed by atoms with Crippen LogP contribution in [-0.4, -0.2) is 35.2 Å². The van der Waals surface area contributed by atoms with Gasteiger partial charge in [-0.2, -0.15) is 5.26 Å². The van der Waals surface area contributed by atoms with Gasteiger partial charge in [0.2, 0.25) is 0 Å². The summed E-state index contributed by atoms with van der Waals surface area (Å²) in [6.07, 6.45) is 4.37. The van der Waals surface area contributed by atoms with E-state index >= 15 is 0 Å². The fourth-order valence-electron chi connectivity index (χ4n) is 2.36. The van der Waals surface area contributed by atoms with Gasteiger partial charge in [0, 0.05) is 23.5 Å². The van der Waals surface area contributed by atoms with Crippen molar-refractivity contribution in [2.75, 3.05) is 0 Å². The normalized spacial score (nSPS) is 22.9. The van der Waals surface area contributed by atoms with E-state index in [1.54, 1.807) is 26.1 Å². The molecule has 2 aliphatic rings. The molecule has 0 amide bonds. The molecule has 0 saturated carbocycles. The van der Waals surface area contributed by atoms with E-state index in [2.05, 4.69) is 17.2 Å². The highest BCUT2D eigenvalue weighted by molar-refractivity contribution is 6.56. The maximum absolute atomic E-state index is 9.81. The Hall–Kier alpha value is -2.32. The average Bonchev–Trinajstić information content (AvgIpc) is 2.74. The summed E-state index contributed by atoms with van der Waals surface area (Å²) in [5, 5.41) is 29.6. The molecule has 136 valence electrons. The molecule has 2 aliphatic heterocycles. The van der Waals surface area contributed by atoms with Crippen molar-refractivity contribution in [3.8, 4) is 17.9 Å². The van der Waals surface area contributed by atoms with Crippen LogP contribution in [0.1, 0.15) is 41.5 Å². The van der Waals surface area contributed by atoms with Crippen LogP contribution in [0.25, 0.3) is 0 Å². The molecule has 0 aliphatic carbocycles. The Morgan fingerprint density at radius 1 is 1.31 bits per heavy atom. The van der Waals surface area contributed by atoms with E-state index in [0.29, 0.717) is 16.7 Å². The molecule has 6 nitrogen and oxygen atoms in total. The van der Waals surface area contributed by atoms with Crippen molar-refractivity contribution in [3.63, 3.8) is 0 Å². The number of allylic oxidation sites excluding steroid dienone is 4. The Morgan fingerprint density at radius 2 is 1.88 bits per heavy atom. The lowest BCUT2D eigenvalue weighted by molar-refractivity contribution is 0.00578. The van der Waals surface area contributed by atoms with E-state index in [9.17, 15) is 10.4 Å². The van der Waals surface area contributed by atoms with Gasteiger partial charge in [-0.25, -0.2) is 0 Å². The SMILES string of the molecule is CC(C)(O)C#CC1=CN/C(=C(/C#N)C=N)C(B2OC(C)(C)C(C)(C)O2)=C1. The predicted octanol–water partition coefficient (Wildman–Crippen LogP) is 2.23.